The van der Waals surface area contributed by atoms with Gasteiger partial charge in [-0.25, -0.2) is 9.78 Å². The van der Waals surface area contributed by atoms with Gasteiger partial charge in [-0.2, -0.15) is 0 Å². The van der Waals surface area contributed by atoms with Crippen LogP contribution in [0.3, 0.4) is 0 Å². The summed E-state index contributed by atoms with van der Waals surface area (Å²) in [5.41, 5.74) is -1.28. The van der Waals surface area contributed by atoms with E-state index in [1.807, 2.05) is 38.5 Å². The number of imidazole rings is 1. The van der Waals surface area contributed by atoms with Crippen LogP contribution in [0.2, 0.25) is 0 Å². The Morgan fingerprint density at radius 1 is 1.41 bits per heavy atom. The summed E-state index contributed by atoms with van der Waals surface area (Å²) in [6.07, 6.45) is 5.30. The molecular formula is C16H27N3O3. The first-order valence-corrected chi connectivity index (χ1v) is 7.93. The van der Waals surface area contributed by atoms with E-state index < -0.39 is 11.2 Å². The molecule has 6 nitrogen and oxygen atoms in total. The Morgan fingerprint density at radius 3 is 2.59 bits per heavy atom. The third-order valence-electron chi connectivity index (χ3n) is 3.93. The number of aryl methyl sites for hydroxylation is 1. The molecule has 1 saturated heterocycles. The maximum atomic E-state index is 12.0. The topological polar surface area (TPSA) is 67.6 Å². The van der Waals surface area contributed by atoms with Gasteiger partial charge in [0.15, 0.2) is 0 Å². The summed E-state index contributed by atoms with van der Waals surface area (Å²) in [5, 5.41) is 10.8. The molecule has 22 heavy (non-hydrogen) atoms. The van der Waals surface area contributed by atoms with Crippen LogP contribution in [-0.2, 0) is 17.7 Å². The molecule has 2 rings (SSSR count). The molecule has 0 atom stereocenters. The molecule has 6 heteroatoms. The Balaban J connectivity index is 1.92. The van der Waals surface area contributed by atoms with Gasteiger partial charge in [0.1, 0.15) is 11.4 Å². The normalized spacial score (nSPS) is 18.3. The lowest BCUT2D eigenvalue weighted by Gasteiger charge is -2.38. The molecule has 1 aromatic heterocycles. The van der Waals surface area contributed by atoms with Crippen molar-refractivity contribution in [1.82, 2.24) is 14.5 Å². The number of ether oxygens (including phenoxy) is 1. The van der Waals surface area contributed by atoms with E-state index in [0.29, 0.717) is 32.5 Å². The van der Waals surface area contributed by atoms with E-state index in [9.17, 15) is 9.90 Å². The molecule has 2 heterocycles. The predicted octanol–water partition coefficient (Wildman–Crippen LogP) is 2.21. The number of carbonyl (C=O) groups is 1. The molecule has 1 N–H and O–H groups in total. The van der Waals surface area contributed by atoms with Gasteiger partial charge in [0.25, 0.3) is 0 Å². The molecule has 0 saturated carbocycles. The third kappa shape index (κ3) is 4.22. The summed E-state index contributed by atoms with van der Waals surface area (Å²) in [6, 6.07) is 0. The van der Waals surface area contributed by atoms with E-state index in [4.69, 9.17) is 4.74 Å². The van der Waals surface area contributed by atoms with Crippen molar-refractivity contribution in [2.45, 2.75) is 64.7 Å². The fourth-order valence-corrected chi connectivity index (χ4v) is 2.71. The minimum atomic E-state index is -0.789. The monoisotopic (exact) mass is 309 g/mol. The summed E-state index contributed by atoms with van der Waals surface area (Å²) >= 11 is 0. The van der Waals surface area contributed by atoms with Gasteiger partial charge in [0.05, 0.1) is 12.1 Å². The highest BCUT2D eigenvalue weighted by atomic mass is 16.6. The van der Waals surface area contributed by atoms with Crippen LogP contribution in [0.5, 0.6) is 0 Å². The fraction of sp³-hybridized carbons (Fsp3) is 0.750. The van der Waals surface area contributed by atoms with Crippen molar-refractivity contribution >= 4 is 6.09 Å². The molecule has 124 valence electrons. The number of aromatic nitrogens is 2. The van der Waals surface area contributed by atoms with E-state index >= 15 is 0 Å². The Labute approximate surface area is 132 Å². The smallest absolute Gasteiger partial charge is 0.410 e. The molecule has 0 spiro atoms. The molecule has 1 aromatic rings. The number of likely N-dealkylation sites (tertiary alicyclic amines) is 1. The number of hydrogen-bond donors (Lipinski definition) is 1. The van der Waals surface area contributed by atoms with E-state index in [-0.39, 0.29) is 6.09 Å². The van der Waals surface area contributed by atoms with Crippen molar-refractivity contribution < 1.29 is 14.6 Å². The summed E-state index contributed by atoms with van der Waals surface area (Å²) < 4.78 is 7.38. The average molecular weight is 309 g/mol. The van der Waals surface area contributed by atoms with Crippen molar-refractivity contribution in [3.8, 4) is 0 Å². The van der Waals surface area contributed by atoms with Gasteiger partial charge in [-0.05, 0) is 33.6 Å². The lowest BCUT2D eigenvalue weighted by Crippen LogP contribution is -2.49. The highest BCUT2D eigenvalue weighted by molar-refractivity contribution is 5.68. The molecule has 0 aliphatic carbocycles. The summed E-state index contributed by atoms with van der Waals surface area (Å²) in [7, 11) is 0. The zero-order chi connectivity index (χ0) is 16.4. The second-order valence-electron chi connectivity index (χ2n) is 7.02. The molecule has 1 amide bonds. The maximum absolute atomic E-state index is 12.0. The van der Waals surface area contributed by atoms with Gasteiger partial charge in [-0.1, -0.05) is 6.92 Å². The van der Waals surface area contributed by atoms with E-state index in [0.717, 1.165) is 12.2 Å². The van der Waals surface area contributed by atoms with Crippen molar-refractivity contribution in [3.05, 3.63) is 18.2 Å². The Bertz CT molecular complexity index is 511. The second-order valence-corrected chi connectivity index (χ2v) is 7.02. The van der Waals surface area contributed by atoms with Gasteiger partial charge >= 0.3 is 6.09 Å². The van der Waals surface area contributed by atoms with Crippen LogP contribution in [0.4, 0.5) is 4.79 Å². The molecule has 1 fully saturated rings. The number of carbonyl (C=O) groups excluding carboxylic acids is 1. The SMILES string of the molecule is CCc1nccn1CC1(O)CCN(C(=O)OC(C)(C)C)CC1. The number of aliphatic hydroxyl groups is 1. The van der Waals surface area contributed by atoms with Crippen molar-refractivity contribution in [2.75, 3.05) is 13.1 Å². The number of amides is 1. The second kappa shape index (κ2) is 6.28. The first kappa shape index (κ1) is 16.8. The predicted molar refractivity (Wildman–Crippen MR) is 83.6 cm³/mol. The number of nitrogens with zero attached hydrogens (tertiary/aromatic N) is 3. The van der Waals surface area contributed by atoms with Crippen molar-refractivity contribution in [2.24, 2.45) is 0 Å². The van der Waals surface area contributed by atoms with E-state index in [1.165, 1.54) is 0 Å². The minimum Gasteiger partial charge on any atom is -0.444 e. The molecule has 0 aromatic carbocycles. The maximum Gasteiger partial charge on any atom is 0.410 e. The summed E-state index contributed by atoms with van der Waals surface area (Å²) in [6.45, 7) is 9.18. The van der Waals surface area contributed by atoms with Crippen LogP contribution in [-0.4, -0.2) is 49.9 Å². The van der Waals surface area contributed by atoms with Crippen LogP contribution in [0, 0.1) is 0 Å². The van der Waals surface area contributed by atoms with Crippen LogP contribution >= 0.6 is 0 Å². The first-order chi connectivity index (χ1) is 10.2. The average Bonchev–Trinajstić information content (AvgIpc) is 2.84. The van der Waals surface area contributed by atoms with Crippen LogP contribution in [0.15, 0.2) is 12.4 Å². The Kier molecular flexibility index (Phi) is 4.80. The van der Waals surface area contributed by atoms with Crippen molar-refractivity contribution in [1.29, 1.82) is 0 Å². The molecular weight excluding hydrogens is 282 g/mol. The zero-order valence-corrected chi connectivity index (χ0v) is 14.0. The standard InChI is InChI=1S/C16H27N3O3/c1-5-13-17-8-11-19(13)12-16(21)6-9-18(10-7-16)14(20)22-15(2,3)4/h8,11,21H,5-7,9-10,12H2,1-4H3. The first-order valence-electron chi connectivity index (χ1n) is 7.93. The van der Waals surface area contributed by atoms with Gasteiger partial charge in [0.2, 0.25) is 0 Å². The number of rotatable bonds is 3. The highest BCUT2D eigenvalue weighted by Gasteiger charge is 2.35. The Morgan fingerprint density at radius 2 is 2.05 bits per heavy atom. The number of hydrogen-bond acceptors (Lipinski definition) is 4. The van der Waals surface area contributed by atoms with Crippen LogP contribution in [0.25, 0.3) is 0 Å². The van der Waals surface area contributed by atoms with Crippen molar-refractivity contribution in [3.63, 3.8) is 0 Å². The molecule has 0 bridgehead atoms. The largest absolute Gasteiger partial charge is 0.444 e. The van der Waals surface area contributed by atoms with Crippen LogP contribution in [0.1, 0.15) is 46.4 Å². The lowest BCUT2D eigenvalue weighted by atomic mass is 9.91. The van der Waals surface area contributed by atoms with Gasteiger partial charge < -0.3 is 19.3 Å². The molecule has 1 aliphatic heterocycles. The summed E-state index contributed by atoms with van der Waals surface area (Å²) in [4.78, 5) is 18.0. The summed E-state index contributed by atoms with van der Waals surface area (Å²) in [5.74, 6) is 0.975. The number of piperidine rings is 1. The molecule has 1 aliphatic rings. The van der Waals surface area contributed by atoms with Crippen LogP contribution < -0.4 is 0 Å². The van der Waals surface area contributed by atoms with E-state index in [2.05, 4.69) is 4.98 Å². The lowest BCUT2D eigenvalue weighted by molar-refractivity contribution is -0.0417. The molecule has 0 unspecified atom stereocenters. The molecule has 0 radical (unpaired) electrons. The van der Waals surface area contributed by atoms with Gasteiger partial charge in [-0.15, -0.1) is 0 Å². The van der Waals surface area contributed by atoms with Gasteiger partial charge in [-0.3, -0.25) is 0 Å². The quantitative estimate of drug-likeness (QED) is 0.929. The Hall–Kier alpha value is -1.56. The van der Waals surface area contributed by atoms with E-state index in [1.54, 1.807) is 11.1 Å². The third-order valence-corrected chi connectivity index (χ3v) is 3.93. The highest BCUT2D eigenvalue weighted by Crippen LogP contribution is 2.26. The minimum absolute atomic E-state index is 0.300. The fourth-order valence-electron chi connectivity index (χ4n) is 2.71. The van der Waals surface area contributed by atoms with Gasteiger partial charge in [0, 0.05) is 31.9 Å². The zero-order valence-electron chi connectivity index (χ0n) is 14.0.